The molecule has 0 bridgehead atoms. The lowest BCUT2D eigenvalue weighted by molar-refractivity contribution is -0.156. The third kappa shape index (κ3) is 4.45. The SMILES string of the molecule is CC(C)C(=O)C(=O)OCc1cccc(Oc2ccccc2)c1. The minimum Gasteiger partial charge on any atom is -0.457 e. The Hall–Kier alpha value is -2.62. The Balaban J connectivity index is 1.97. The Bertz CT molecular complexity index is 647. The molecule has 0 heterocycles. The monoisotopic (exact) mass is 298 g/mol. The molecule has 0 atom stereocenters. The second kappa shape index (κ2) is 7.41. The first-order valence-electron chi connectivity index (χ1n) is 7.09. The van der Waals surface area contributed by atoms with E-state index in [-0.39, 0.29) is 12.5 Å². The average molecular weight is 298 g/mol. The highest BCUT2D eigenvalue weighted by molar-refractivity contribution is 6.34. The number of hydrogen-bond donors (Lipinski definition) is 0. The van der Waals surface area contributed by atoms with Gasteiger partial charge in [0.2, 0.25) is 5.78 Å². The van der Waals surface area contributed by atoms with E-state index in [2.05, 4.69) is 0 Å². The van der Waals surface area contributed by atoms with Crippen LogP contribution in [0.4, 0.5) is 0 Å². The minimum absolute atomic E-state index is 0.0449. The van der Waals surface area contributed by atoms with E-state index in [0.29, 0.717) is 5.75 Å². The standard InChI is InChI=1S/C18H18O4/c1-13(2)17(19)18(20)21-12-14-7-6-10-16(11-14)22-15-8-4-3-5-9-15/h3-11,13H,12H2,1-2H3. The number of rotatable bonds is 6. The molecule has 0 aliphatic heterocycles. The van der Waals surface area contributed by atoms with Crippen LogP contribution in [-0.4, -0.2) is 11.8 Å². The minimum atomic E-state index is -0.801. The second-order valence-electron chi connectivity index (χ2n) is 5.16. The number of para-hydroxylation sites is 1. The van der Waals surface area contributed by atoms with Gasteiger partial charge in [-0.25, -0.2) is 4.79 Å². The predicted octanol–water partition coefficient (Wildman–Crippen LogP) is 3.75. The Kier molecular flexibility index (Phi) is 5.31. The molecule has 0 saturated heterocycles. The summed E-state index contributed by atoms with van der Waals surface area (Å²) < 4.78 is 10.7. The average Bonchev–Trinajstić information content (AvgIpc) is 2.53. The number of hydrogen-bond acceptors (Lipinski definition) is 4. The van der Waals surface area contributed by atoms with Gasteiger partial charge < -0.3 is 9.47 Å². The number of esters is 1. The number of Topliss-reactive ketones (excluding diaryl/α,β-unsaturated/α-hetero) is 1. The Labute approximate surface area is 129 Å². The number of ether oxygens (including phenoxy) is 2. The molecule has 0 saturated carbocycles. The van der Waals surface area contributed by atoms with E-state index >= 15 is 0 Å². The summed E-state index contributed by atoms with van der Waals surface area (Å²) in [7, 11) is 0. The molecule has 22 heavy (non-hydrogen) atoms. The summed E-state index contributed by atoms with van der Waals surface area (Å²) in [6.07, 6.45) is 0. The zero-order valence-electron chi connectivity index (χ0n) is 12.6. The van der Waals surface area contributed by atoms with Gasteiger partial charge in [0, 0.05) is 5.92 Å². The molecule has 0 spiro atoms. The summed E-state index contributed by atoms with van der Waals surface area (Å²) in [5, 5.41) is 0. The van der Waals surface area contributed by atoms with Crippen LogP contribution in [0.15, 0.2) is 54.6 Å². The van der Waals surface area contributed by atoms with Crippen molar-refractivity contribution in [3.05, 3.63) is 60.2 Å². The number of ketones is 1. The van der Waals surface area contributed by atoms with Crippen molar-refractivity contribution in [3.8, 4) is 11.5 Å². The number of benzene rings is 2. The van der Waals surface area contributed by atoms with Gasteiger partial charge in [0.1, 0.15) is 18.1 Å². The maximum atomic E-state index is 11.5. The van der Waals surface area contributed by atoms with Crippen molar-refractivity contribution in [2.45, 2.75) is 20.5 Å². The van der Waals surface area contributed by atoms with E-state index < -0.39 is 11.8 Å². The van der Waals surface area contributed by atoms with E-state index in [0.717, 1.165) is 11.3 Å². The molecule has 2 aromatic carbocycles. The van der Waals surface area contributed by atoms with E-state index in [9.17, 15) is 9.59 Å². The van der Waals surface area contributed by atoms with Crippen LogP contribution in [0.2, 0.25) is 0 Å². The van der Waals surface area contributed by atoms with Crippen molar-refractivity contribution in [3.63, 3.8) is 0 Å². The van der Waals surface area contributed by atoms with Crippen molar-refractivity contribution in [1.82, 2.24) is 0 Å². The normalized spacial score (nSPS) is 10.3. The Morgan fingerprint density at radius 1 is 0.955 bits per heavy atom. The molecule has 4 heteroatoms. The molecule has 0 N–H and O–H groups in total. The van der Waals surface area contributed by atoms with Crippen LogP contribution < -0.4 is 4.74 Å². The molecule has 2 rings (SSSR count). The molecule has 2 aromatic rings. The molecule has 0 amide bonds. The summed E-state index contributed by atoms with van der Waals surface area (Å²) in [5.74, 6) is -0.303. The van der Waals surface area contributed by atoms with E-state index in [1.165, 1.54) is 0 Å². The first kappa shape index (κ1) is 15.8. The van der Waals surface area contributed by atoms with Crippen molar-refractivity contribution >= 4 is 11.8 Å². The van der Waals surface area contributed by atoms with Gasteiger partial charge in [-0.05, 0) is 29.8 Å². The zero-order chi connectivity index (χ0) is 15.9. The third-order valence-corrected chi connectivity index (χ3v) is 2.97. The second-order valence-corrected chi connectivity index (χ2v) is 5.16. The summed E-state index contributed by atoms with van der Waals surface area (Å²) >= 11 is 0. The fourth-order valence-corrected chi connectivity index (χ4v) is 1.78. The summed E-state index contributed by atoms with van der Waals surface area (Å²) in [5.41, 5.74) is 0.762. The molecule has 0 aromatic heterocycles. The summed E-state index contributed by atoms with van der Waals surface area (Å²) in [6, 6.07) is 16.6. The van der Waals surface area contributed by atoms with Gasteiger partial charge in [0.25, 0.3) is 0 Å². The first-order valence-corrected chi connectivity index (χ1v) is 7.09. The molecule has 0 unspecified atom stereocenters. The molecule has 0 aliphatic rings. The van der Waals surface area contributed by atoms with Gasteiger partial charge in [-0.15, -0.1) is 0 Å². The zero-order valence-corrected chi connectivity index (χ0v) is 12.6. The van der Waals surface area contributed by atoms with Crippen LogP contribution in [0, 0.1) is 5.92 Å². The van der Waals surface area contributed by atoms with Crippen molar-refractivity contribution in [1.29, 1.82) is 0 Å². The fourth-order valence-electron chi connectivity index (χ4n) is 1.78. The summed E-state index contributed by atoms with van der Waals surface area (Å²) in [6.45, 7) is 3.37. The van der Waals surface area contributed by atoms with Crippen molar-refractivity contribution < 1.29 is 19.1 Å². The molecule has 114 valence electrons. The molecule has 0 fully saturated rings. The number of carbonyl (C=O) groups excluding carboxylic acids is 2. The van der Waals surface area contributed by atoms with Crippen molar-refractivity contribution in [2.24, 2.45) is 5.92 Å². The predicted molar refractivity (Wildman–Crippen MR) is 82.6 cm³/mol. The van der Waals surface area contributed by atoms with Crippen LogP contribution in [-0.2, 0) is 20.9 Å². The Morgan fingerprint density at radius 3 is 2.32 bits per heavy atom. The highest BCUT2D eigenvalue weighted by Crippen LogP contribution is 2.22. The maximum absolute atomic E-state index is 11.5. The van der Waals surface area contributed by atoms with Crippen LogP contribution in [0.1, 0.15) is 19.4 Å². The molecular formula is C18H18O4. The van der Waals surface area contributed by atoms with E-state index in [4.69, 9.17) is 9.47 Å². The highest BCUT2D eigenvalue weighted by Gasteiger charge is 2.19. The smallest absolute Gasteiger partial charge is 0.375 e. The molecule has 0 radical (unpaired) electrons. The van der Waals surface area contributed by atoms with Gasteiger partial charge in [-0.3, -0.25) is 4.79 Å². The van der Waals surface area contributed by atoms with Gasteiger partial charge >= 0.3 is 5.97 Å². The van der Waals surface area contributed by atoms with Crippen LogP contribution in [0.5, 0.6) is 11.5 Å². The van der Waals surface area contributed by atoms with E-state index in [1.807, 2.05) is 48.5 Å². The quantitative estimate of drug-likeness (QED) is 0.602. The van der Waals surface area contributed by atoms with Gasteiger partial charge in [-0.2, -0.15) is 0 Å². The number of carbonyl (C=O) groups is 2. The lowest BCUT2D eigenvalue weighted by atomic mass is 10.1. The molecule has 0 aliphatic carbocycles. The van der Waals surface area contributed by atoms with Gasteiger partial charge in [0.15, 0.2) is 0 Å². The third-order valence-electron chi connectivity index (χ3n) is 2.97. The lowest BCUT2D eigenvalue weighted by Crippen LogP contribution is -2.22. The van der Waals surface area contributed by atoms with Gasteiger partial charge in [-0.1, -0.05) is 44.2 Å². The van der Waals surface area contributed by atoms with Crippen LogP contribution in [0.3, 0.4) is 0 Å². The van der Waals surface area contributed by atoms with E-state index in [1.54, 1.807) is 19.9 Å². The molecular weight excluding hydrogens is 280 g/mol. The molecule has 4 nitrogen and oxygen atoms in total. The lowest BCUT2D eigenvalue weighted by Gasteiger charge is -2.09. The topological polar surface area (TPSA) is 52.6 Å². The Morgan fingerprint density at radius 2 is 1.64 bits per heavy atom. The van der Waals surface area contributed by atoms with Gasteiger partial charge in [0.05, 0.1) is 0 Å². The summed E-state index contributed by atoms with van der Waals surface area (Å²) in [4.78, 5) is 23.0. The first-order chi connectivity index (χ1) is 10.6. The van der Waals surface area contributed by atoms with Crippen molar-refractivity contribution in [2.75, 3.05) is 0 Å². The van der Waals surface area contributed by atoms with Crippen LogP contribution in [0.25, 0.3) is 0 Å². The highest BCUT2D eigenvalue weighted by atomic mass is 16.5. The fraction of sp³-hybridized carbons (Fsp3) is 0.222. The maximum Gasteiger partial charge on any atom is 0.375 e. The van der Waals surface area contributed by atoms with Crippen LogP contribution >= 0.6 is 0 Å². The largest absolute Gasteiger partial charge is 0.457 e.